The number of hydrazone groups is 1. The molecule has 1 aromatic heterocycles. The number of halogens is 1. The van der Waals surface area contributed by atoms with Crippen LogP contribution in [0.4, 0.5) is 0 Å². The standard InChI is InChI=1S/C15H15BrN2O3S/c1-9(13-6-7-14(16)22-13)17-18-15(19)10-4-5-11(20-2)12(8-10)21-3/h4-8H,1-3H3,(H,18,19)/b17-9+. The summed E-state index contributed by atoms with van der Waals surface area (Å²) in [6, 6.07) is 8.83. The van der Waals surface area contributed by atoms with Gasteiger partial charge in [-0.3, -0.25) is 4.79 Å². The summed E-state index contributed by atoms with van der Waals surface area (Å²) in [5, 5.41) is 4.12. The number of amides is 1. The van der Waals surface area contributed by atoms with E-state index < -0.39 is 0 Å². The first-order valence-electron chi connectivity index (χ1n) is 6.37. The number of ether oxygens (including phenoxy) is 2. The number of carbonyl (C=O) groups is 1. The minimum atomic E-state index is -0.309. The average molecular weight is 383 g/mol. The Hall–Kier alpha value is -1.86. The van der Waals surface area contributed by atoms with Crippen LogP contribution in [0.1, 0.15) is 22.2 Å². The molecule has 116 valence electrons. The Morgan fingerprint density at radius 1 is 1.18 bits per heavy atom. The van der Waals surface area contributed by atoms with E-state index in [-0.39, 0.29) is 5.91 Å². The van der Waals surface area contributed by atoms with Gasteiger partial charge in [-0.05, 0) is 53.2 Å². The maximum atomic E-state index is 12.1. The van der Waals surface area contributed by atoms with Crippen molar-refractivity contribution in [3.05, 3.63) is 44.6 Å². The second-order valence-electron chi connectivity index (χ2n) is 4.31. The first-order chi connectivity index (χ1) is 10.5. The van der Waals surface area contributed by atoms with E-state index in [1.54, 1.807) is 36.6 Å². The molecule has 2 rings (SSSR count). The Kier molecular flexibility index (Phi) is 5.57. The first-order valence-corrected chi connectivity index (χ1v) is 7.98. The first kappa shape index (κ1) is 16.5. The molecule has 0 fully saturated rings. The SMILES string of the molecule is COc1ccc(C(=O)N/N=C(\C)c2ccc(Br)s2)cc1OC. The van der Waals surface area contributed by atoms with Gasteiger partial charge in [-0.15, -0.1) is 11.3 Å². The van der Waals surface area contributed by atoms with Crippen molar-refractivity contribution in [2.75, 3.05) is 14.2 Å². The molecular formula is C15H15BrN2O3S. The molecule has 0 bridgehead atoms. The molecule has 0 spiro atoms. The van der Waals surface area contributed by atoms with Crippen LogP contribution in [0.3, 0.4) is 0 Å². The molecule has 0 radical (unpaired) electrons. The van der Waals surface area contributed by atoms with Crippen LogP contribution < -0.4 is 14.9 Å². The molecule has 1 aromatic carbocycles. The van der Waals surface area contributed by atoms with Crippen LogP contribution >= 0.6 is 27.3 Å². The van der Waals surface area contributed by atoms with Crippen LogP contribution in [0.25, 0.3) is 0 Å². The van der Waals surface area contributed by atoms with Crippen LogP contribution in [-0.2, 0) is 0 Å². The Bertz CT molecular complexity index is 713. The highest BCUT2D eigenvalue weighted by Crippen LogP contribution is 2.27. The quantitative estimate of drug-likeness (QED) is 0.633. The maximum absolute atomic E-state index is 12.1. The minimum Gasteiger partial charge on any atom is -0.493 e. The van der Waals surface area contributed by atoms with E-state index in [0.717, 1.165) is 14.4 Å². The van der Waals surface area contributed by atoms with Crippen LogP contribution in [0.2, 0.25) is 0 Å². The highest BCUT2D eigenvalue weighted by atomic mass is 79.9. The lowest BCUT2D eigenvalue weighted by molar-refractivity contribution is 0.0954. The third-order valence-electron chi connectivity index (χ3n) is 2.90. The topological polar surface area (TPSA) is 59.9 Å². The summed E-state index contributed by atoms with van der Waals surface area (Å²) in [7, 11) is 3.07. The van der Waals surface area contributed by atoms with Crippen LogP contribution in [0, 0.1) is 0 Å². The van der Waals surface area contributed by atoms with Gasteiger partial charge in [-0.2, -0.15) is 5.10 Å². The van der Waals surface area contributed by atoms with E-state index in [2.05, 4.69) is 26.5 Å². The summed E-state index contributed by atoms with van der Waals surface area (Å²) in [6.07, 6.45) is 0. The molecule has 5 nitrogen and oxygen atoms in total. The molecule has 0 saturated carbocycles. The van der Waals surface area contributed by atoms with Crippen molar-refractivity contribution in [1.29, 1.82) is 0 Å². The smallest absolute Gasteiger partial charge is 0.271 e. The number of nitrogens with one attached hydrogen (secondary N) is 1. The zero-order valence-corrected chi connectivity index (χ0v) is 14.7. The van der Waals surface area contributed by atoms with Crippen molar-refractivity contribution in [2.45, 2.75) is 6.92 Å². The third kappa shape index (κ3) is 3.86. The van der Waals surface area contributed by atoms with Gasteiger partial charge in [0.15, 0.2) is 11.5 Å². The fourth-order valence-electron chi connectivity index (χ4n) is 1.74. The molecule has 7 heteroatoms. The van der Waals surface area contributed by atoms with Crippen molar-refractivity contribution < 1.29 is 14.3 Å². The molecule has 0 aliphatic carbocycles. The molecule has 0 saturated heterocycles. The minimum absolute atomic E-state index is 0.309. The molecule has 2 aromatic rings. The second kappa shape index (κ2) is 7.42. The van der Waals surface area contributed by atoms with Gasteiger partial charge in [-0.25, -0.2) is 5.43 Å². The van der Waals surface area contributed by atoms with Crippen LogP contribution in [0.15, 0.2) is 39.2 Å². The summed E-state index contributed by atoms with van der Waals surface area (Å²) in [5.74, 6) is 0.760. The molecule has 0 aliphatic heterocycles. The van der Waals surface area contributed by atoms with Crippen molar-refractivity contribution in [1.82, 2.24) is 5.43 Å². The summed E-state index contributed by atoms with van der Waals surface area (Å²) in [4.78, 5) is 13.1. The van der Waals surface area contributed by atoms with Crippen molar-refractivity contribution >= 4 is 38.9 Å². The predicted octanol–water partition coefficient (Wildman–Crippen LogP) is 3.68. The highest BCUT2D eigenvalue weighted by Gasteiger charge is 2.10. The van der Waals surface area contributed by atoms with Gasteiger partial charge in [0, 0.05) is 5.56 Å². The lowest BCUT2D eigenvalue weighted by atomic mass is 10.2. The zero-order chi connectivity index (χ0) is 16.1. The Labute approximate surface area is 141 Å². The van der Waals surface area contributed by atoms with Gasteiger partial charge in [0.25, 0.3) is 5.91 Å². The molecule has 0 unspecified atom stereocenters. The summed E-state index contributed by atoms with van der Waals surface area (Å²) in [6.45, 7) is 1.84. The lowest BCUT2D eigenvalue weighted by Gasteiger charge is -2.08. The van der Waals surface area contributed by atoms with Gasteiger partial charge in [-0.1, -0.05) is 0 Å². The Morgan fingerprint density at radius 2 is 1.91 bits per heavy atom. The molecule has 0 atom stereocenters. The molecule has 1 heterocycles. The molecule has 1 N–H and O–H groups in total. The number of benzene rings is 1. The number of hydrogen-bond donors (Lipinski definition) is 1. The van der Waals surface area contributed by atoms with Crippen LogP contribution in [0.5, 0.6) is 11.5 Å². The van der Waals surface area contributed by atoms with Crippen molar-refractivity contribution in [2.24, 2.45) is 5.10 Å². The number of nitrogens with zero attached hydrogens (tertiary/aromatic N) is 1. The van der Waals surface area contributed by atoms with Crippen molar-refractivity contribution in [3.63, 3.8) is 0 Å². The third-order valence-corrected chi connectivity index (χ3v) is 4.63. The van der Waals surface area contributed by atoms with Gasteiger partial charge in [0.1, 0.15) is 0 Å². The van der Waals surface area contributed by atoms with E-state index in [9.17, 15) is 4.79 Å². The van der Waals surface area contributed by atoms with E-state index in [4.69, 9.17) is 9.47 Å². The predicted molar refractivity (Wildman–Crippen MR) is 91.2 cm³/mol. The number of thiophene rings is 1. The highest BCUT2D eigenvalue weighted by molar-refractivity contribution is 9.11. The molecule has 1 amide bonds. The number of methoxy groups -OCH3 is 2. The zero-order valence-electron chi connectivity index (χ0n) is 12.3. The fraction of sp³-hybridized carbons (Fsp3) is 0.200. The van der Waals surface area contributed by atoms with E-state index in [1.165, 1.54) is 7.11 Å². The van der Waals surface area contributed by atoms with Gasteiger partial charge < -0.3 is 9.47 Å². The fourth-order valence-corrected chi connectivity index (χ4v) is 3.07. The maximum Gasteiger partial charge on any atom is 0.271 e. The normalized spacial score (nSPS) is 11.2. The summed E-state index contributed by atoms with van der Waals surface area (Å²) < 4.78 is 11.3. The van der Waals surface area contributed by atoms with E-state index >= 15 is 0 Å². The Morgan fingerprint density at radius 3 is 2.50 bits per heavy atom. The number of rotatable bonds is 5. The lowest BCUT2D eigenvalue weighted by Crippen LogP contribution is -2.19. The number of hydrogen-bond acceptors (Lipinski definition) is 5. The molecule has 0 aliphatic rings. The van der Waals surface area contributed by atoms with E-state index in [1.807, 2.05) is 19.1 Å². The average Bonchev–Trinajstić information content (AvgIpc) is 2.98. The largest absolute Gasteiger partial charge is 0.493 e. The van der Waals surface area contributed by atoms with Gasteiger partial charge in [0.2, 0.25) is 0 Å². The van der Waals surface area contributed by atoms with E-state index in [0.29, 0.717) is 17.1 Å². The van der Waals surface area contributed by atoms with Gasteiger partial charge >= 0.3 is 0 Å². The monoisotopic (exact) mass is 382 g/mol. The summed E-state index contributed by atoms with van der Waals surface area (Å²) in [5.41, 5.74) is 3.73. The molecule has 22 heavy (non-hydrogen) atoms. The Balaban J connectivity index is 2.12. The van der Waals surface area contributed by atoms with Gasteiger partial charge in [0.05, 0.1) is 28.6 Å². The summed E-state index contributed by atoms with van der Waals surface area (Å²) >= 11 is 4.95. The molecular weight excluding hydrogens is 368 g/mol. The number of carbonyl (C=O) groups excluding carboxylic acids is 1. The van der Waals surface area contributed by atoms with Crippen molar-refractivity contribution in [3.8, 4) is 11.5 Å². The van der Waals surface area contributed by atoms with Crippen LogP contribution in [-0.4, -0.2) is 25.8 Å². The second-order valence-corrected chi connectivity index (χ2v) is 6.77.